The van der Waals surface area contributed by atoms with Gasteiger partial charge < -0.3 is 9.52 Å². The first-order chi connectivity index (χ1) is 6.72. The van der Waals surface area contributed by atoms with E-state index < -0.39 is 0 Å². The van der Waals surface area contributed by atoms with E-state index in [1.165, 1.54) is 6.26 Å². The van der Waals surface area contributed by atoms with Gasteiger partial charge in [-0.3, -0.25) is 0 Å². The normalized spacial score (nSPS) is 10.7. The molecule has 0 aliphatic rings. The topological polar surface area (TPSA) is 50.4 Å². The van der Waals surface area contributed by atoms with Gasteiger partial charge in [0.2, 0.25) is 0 Å². The fourth-order valence-electron chi connectivity index (χ4n) is 1.48. The van der Waals surface area contributed by atoms with Crippen molar-refractivity contribution in [3.05, 3.63) is 46.0 Å². The molecule has 2 rings (SSSR count). The van der Waals surface area contributed by atoms with Crippen LogP contribution in [0, 0.1) is 6.92 Å². The number of benzene rings is 1. The van der Waals surface area contributed by atoms with Crippen molar-refractivity contribution < 1.29 is 9.52 Å². The van der Waals surface area contributed by atoms with E-state index in [0.717, 1.165) is 10.9 Å². The van der Waals surface area contributed by atoms with Gasteiger partial charge >= 0.3 is 5.63 Å². The van der Waals surface area contributed by atoms with E-state index in [4.69, 9.17) is 9.52 Å². The minimum Gasteiger partial charge on any atom is -0.430 e. The third-order valence-electron chi connectivity index (χ3n) is 2.22. The highest BCUT2D eigenvalue weighted by Gasteiger charge is 2.05. The van der Waals surface area contributed by atoms with Gasteiger partial charge in [0.1, 0.15) is 6.26 Å². The van der Waals surface area contributed by atoms with Crippen molar-refractivity contribution in [3.8, 4) is 0 Å². The lowest BCUT2D eigenvalue weighted by molar-refractivity contribution is 0.279. The van der Waals surface area contributed by atoms with Crippen LogP contribution < -0.4 is 5.63 Å². The van der Waals surface area contributed by atoms with Crippen LogP contribution in [0.1, 0.15) is 11.1 Å². The molecular weight excluding hydrogens is 180 g/mol. The molecule has 0 fully saturated rings. The molecule has 0 radical (unpaired) electrons. The zero-order valence-corrected chi connectivity index (χ0v) is 7.78. The molecule has 1 heterocycles. The van der Waals surface area contributed by atoms with Crippen molar-refractivity contribution >= 4 is 10.8 Å². The second kappa shape index (κ2) is 3.27. The van der Waals surface area contributed by atoms with Gasteiger partial charge in [0.15, 0.2) is 0 Å². The molecule has 0 aliphatic heterocycles. The molecule has 0 atom stereocenters. The van der Waals surface area contributed by atoms with Crippen LogP contribution in [-0.4, -0.2) is 5.11 Å². The summed E-state index contributed by atoms with van der Waals surface area (Å²) in [4.78, 5) is 11.3. The van der Waals surface area contributed by atoms with Gasteiger partial charge in [-0.05, 0) is 18.4 Å². The molecule has 0 unspecified atom stereocenters. The highest BCUT2D eigenvalue weighted by molar-refractivity contribution is 5.84. The van der Waals surface area contributed by atoms with Crippen molar-refractivity contribution in [3.63, 3.8) is 0 Å². The Bertz CT molecular complexity index is 526. The largest absolute Gasteiger partial charge is 0.430 e. The summed E-state index contributed by atoms with van der Waals surface area (Å²) < 4.78 is 4.79. The number of aliphatic hydroxyl groups excluding tert-OH is 1. The Balaban J connectivity index is 2.92. The van der Waals surface area contributed by atoms with Crippen LogP contribution in [0.3, 0.4) is 0 Å². The summed E-state index contributed by atoms with van der Waals surface area (Å²) in [6.45, 7) is 1.82. The summed E-state index contributed by atoms with van der Waals surface area (Å²) in [6.07, 6.45) is 1.31. The summed E-state index contributed by atoms with van der Waals surface area (Å²) in [5.41, 5.74) is 1.33. The third-order valence-corrected chi connectivity index (χ3v) is 2.22. The summed E-state index contributed by atoms with van der Waals surface area (Å²) >= 11 is 0. The molecule has 14 heavy (non-hydrogen) atoms. The maximum Gasteiger partial charge on any atom is 0.343 e. The average molecular weight is 190 g/mol. The van der Waals surface area contributed by atoms with Crippen molar-refractivity contribution in [2.24, 2.45) is 0 Å². The number of aryl methyl sites for hydroxylation is 1. The SMILES string of the molecule is Cc1ccc2c(=O)occ(CO)c2c1. The van der Waals surface area contributed by atoms with Crippen LogP contribution >= 0.6 is 0 Å². The zero-order chi connectivity index (χ0) is 10.1. The second-order valence-corrected chi connectivity index (χ2v) is 3.26. The van der Waals surface area contributed by atoms with E-state index in [0.29, 0.717) is 10.9 Å². The monoisotopic (exact) mass is 190 g/mol. The second-order valence-electron chi connectivity index (χ2n) is 3.26. The Morgan fingerprint density at radius 2 is 2.14 bits per heavy atom. The lowest BCUT2D eigenvalue weighted by Crippen LogP contribution is -2.01. The predicted octanol–water partition coefficient (Wildman–Crippen LogP) is 1.59. The summed E-state index contributed by atoms with van der Waals surface area (Å²) in [7, 11) is 0. The van der Waals surface area contributed by atoms with Crippen molar-refractivity contribution in [1.29, 1.82) is 0 Å². The molecule has 2 aromatic rings. The first-order valence-electron chi connectivity index (χ1n) is 4.34. The number of hydrogen-bond acceptors (Lipinski definition) is 3. The van der Waals surface area contributed by atoms with Crippen LogP contribution in [-0.2, 0) is 6.61 Å². The maximum atomic E-state index is 11.3. The Morgan fingerprint density at radius 1 is 1.36 bits per heavy atom. The lowest BCUT2D eigenvalue weighted by Gasteiger charge is -2.02. The van der Waals surface area contributed by atoms with Gasteiger partial charge in [0.25, 0.3) is 0 Å². The molecule has 0 saturated heterocycles. The molecule has 1 N–H and O–H groups in total. The third kappa shape index (κ3) is 1.32. The van der Waals surface area contributed by atoms with E-state index in [1.807, 2.05) is 19.1 Å². The van der Waals surface area contributed by atoms with Gasteiger partial charge in [0.05, 0.1) is 12.0 Å². The Labute approximate surface area is 80.6 Å². The molecule has 0 aliphatic carbocycles. The van der Waals surface area contributed by atoms with E-state index in [1.54, 1.807) is 6.07 Å². The van der Waals surface area contributed by atoms with Crippen LogP contribution in [0.15, 0.2) is 33.7 Å². The van der Waals surface area contributed by atoms with Gasteiger partial charge in [-0.15, -0.1) is 0 Å². The number of aliphatic hydroxyl groups is 1. The highest BCUT2D eigenvalue weighted by Crippen LogP contribution is 2.17. The predicted molar refractivity (Wildman–Crippen MR) is 53.1 cm³/mol. The Hall–Kier alpha value is -1.61. The van der Waals surface area contributed by atoms with Gasteiger partial charge in [-0.2, -0.15) is 0 Å². The number of hydrogen-bond donors (Lipinski definition) is 1. The first kappa shape index (κ1) is 8.97. The highest BCUT2D eigenvalue weighted by atomic mass is 16.4. The fourth-order valence-corrected chi connectivity index (χ4v) is 1.48. The fraction of sp³-hybridized carbons (Fsp3) is 0.182. The first-order valence-corrected chi connectivity index (χ1v) is 4.34. The van der Waals surface area contributed by atoms with Crippen LogP contribution in [0.2, 0.25) is 0 Å². The quantitative estimate of drug-likeness (QED) is 0.742. The van der Waals surface area contributed by atoms with Crippen LogP contribution in [0.25, 0.3) is 10.8 Å². The molecule has 3 heteroatoms. The summed E-state index contributed by atoms with van der Waals surface area (Å²) in [6, 6.07) is 5.44. The molecule has 3 nitrogen and oxygen atoms in total. The summed E-state index contributed by atoms with van der Waals surface area (Å²) in [5.74, 6) is 0. The Morgan fingerprint density at radius 3 is 2.86 bits per heavy atom. The molecule has 0 bridgehead atoms. The molecule has 1 aromatic heterocycles. The van der Waals surface area contributed by atoms with E-state index >= 15 is 0 Å². The van der Waals surface area contributed by atoms with Crippen molar-refractivity contribution in [2.75, 3.05) is 0 Å². The maximum absolute atomic E-state index is 11.3. The van der Waals surface area contributed by atoms with Crippen LogP contribution in [0.4, 0.5) is 0 Å². The number of fused-ring (bicyclic) bond motifs is 1. The number of rotatable bonds is 1. The van der Waals surface area contributed by atoms with Gasteiger partial charge in [-0.1, -0.05) is 17.7 Å². The summed E-state index contributed by atoms with van der Waals surface area (Å²) in [5, 5.41) is 10.3. The van der Waals surface area contributed by atoms with Crippen molar-refractivity contribution in [2.45, 2.75) is 13.5 Å². The average Bonchev–Trinajstić information content (AvgIpc) is 2.18. The van der Waals surface area contributed by atoms with E-state index in [9.17, 15) is 4.79 Å². The standard InChI is InChI=1S/C11H10O3/c1-7-2-3-9-10(4-7)8(5-12)6-14-11(9)13/h2-4,6,12H,5H2,1H3. The molecule has 72 valence electrons. The molecule has 0 spiro atoms. The molecule has 0 amide bonds. The van der Waals surface area contributed by atoms with Gasteiger partial charge in [-0.25, -0.2) is 4.79 Å². The van der Waals surface area contributed by atoms with E-state index in [2.05, 4.69) is 0 Å². The minimum absolute atomic E-state index is 0.121. The Kier molecular flexibility index (Phi) is 2.09. The molecular formula is C11H10O3. The van der Waals surface area contributed by atoms with Crippen LogP contribution in [0.5, 0.6) is 0 Å². The van der Waals surface area contributed by atoms with E-state index in [-0.39, 0.29) is 12.2 Å². The molecule has 1 aromatic carbocycles. The zero-order valence-electron chi connectivity index (χ0n) is 7.78. The van der Waals surface area contributed by atoms with Gasteiger partial charge in [0, 0.05) is 5.56 Å². The smallest absolute Gasteiger partial charge is 0.343 e. The lowest BCUT2D eigenvalue weighted by atomic mass is 10.1. The molecule has 0 saturated carbocycles. The van der Waals surface area contributed by atoms with Crippen molar-refractivity contribution in [1.82, 2.24) is 0 Å². The minimum atomic E-state index is -0.364.